The highest BCUT2D eigenvalue weighted by Crippen LogP contribution is 2.31. The Bertz CT molecular complexity index is 911. The average molecular weight is 415 g/mol. The minimum atomic E-state index is -0.285. The first kappa shape index (κ1) is 20.2. The summed E-state index contributed by atoms with van der Waals surface area (Å²) in [4.78, 5) is 12.4. The Morgan fingerprint density at radius 2 is 1.79 bits per heavy atom. The van der Waals surface area contributed by atoms with Gasteiger partial charge < -0.3 is 15.4 Å². The lowest BCUT2D eigenvalue weighted by molar-refractivity contribution is -0.115. The van der Waals surface area contributed by atoms with Gasteiger partial charge in [0.25, 0.3) is 0 Å². The number of anilines is 3. The van der Waals surface area contributed by atoms with Crippen molar-refractivity contribution >= 4 is 45.5 Å². The first-order valence-corrected chi connectivity index (χ1v) is 10.6. The van der Waals surface area contributed by atoms with Gasteiger partial charge in [0.15, 0.2) is 4.34 Å². The van der Waals surface area contributed by atoms with Gasteiger partial charge in [-0.1, -0.05) is 42.2 Å². The first-order valence-electron chi connectivity index (χ1n) is 8.88. The lowest BCUT2D eigenvalue weighted by Gasteiger charge is -2.10. The van der Waals surface area contributed by atoms with E-state index in [1.54, 1.807) is 7.11 Å². The van der Waals surface area contributed by atoms with Crippen LogP contribution in [0.3, 0.4) is 0 Å². The summed E-state index contributed by atoms with van der Waals surface area (Å²) >= 11 is 2.80. The van der Waals surface area contributed by atoms with Gasteiger partial charge in [0.2, 0.25) is 11.0 Å². The van der Waals surface area contributed by atoms with Gasteiger partial charge in [-0.25, -0.2) is 0 Å². The number of ether oxygens (including phenoxy) is 1. The summed E-state index contributed by atoms with van der Waals surface area (Å²) in [6.07, 6.45) is 0.977. The van der Waals surface area contributed by atoms with Crippen LogP contribution in [0, 0.1) is 0 Å². The maximum atomic E-state index is 12.4. The molecule has 1 amide bonds. The van der Waals surface area contributed by atoms with Gasteiger partial charge in [-0.15, -0.1) is 10.2 Å². The summed E-state index contributed by atoms with van der Waals surface area (Å²) in [7, 11) is 1.63. The quantitative estimate of drug-likeness (QED) is 0.507. The molecule has 1 aromatic heterocycles. The van der Waals surface area contributed by atoms with Gasteiger partial charge in [-0.2, -0.15) is 0 Å². The number of amides is 1. The number of carbonyl (C=O) groups is 1. The number of carbonyl (C=O) groups excluding carboxylic acids is 1. The van der Waals surface area contributed by atoms with Crippen molar-refractivity contribution in [2.45, 2.75) is 29.9 Å². The Morgan fingerprint density at radius 3 is 2.43 bits per heavy atom. The van der Waals surface area contributed by atoms with E-state index in [-0.39, 0.29) is 11.2 Å². The third kappa shape index (κ3) is 5.46. The molecule has 8 heteroatoms. The molecular formula is C20H22N4O2S2. The molecule has 2 N–H and O–H groups in total. The van der Waals surface area contributed by atoms with E-state index in [1.807, 2.05) is 55.5 Å². The van der Waals surface area contributed by atoms with Crippen molar-refractivity contribution in [1.82, 2.24) is 10.2 Å². The molecule has 146 valence electrons. The van der Waals surface area contributed by atoms with Gasteiger partial charge in [0.05, 0.1) is 12.4 Å². The van der Waals surface area contributed by atoms with E-state index in [9.17, 15) is 4.79 Å². The normalized spacial score (nSPS) is 11.7. The molecule has 28 heavy (non-hydrogen) atoms. The second-order valence-electron chi connectivity index (χ2n) is 6.03. The molecule has 2 aromatic carbocycles. The third-order valence-electron chi connectivity index (χ3n) is 4.02. The van der Waals surface area contributed by atoms with Crippen LogP contribution in [0.1, 0.15) is 19.4 Å². The predicted octanol–water partition coefficient (Wildman–Crippen LogP) is 4.97. The Morgan fingerprint density at radius 1 is 1.11 bits per heavy atom. The number of hydrogen-bond acceptors (Lipinski definition) is 7. The number of aryl methyl sites for hydroxylation is 1. The van der Waals surface area contributed by atoms with Crippen LogP contribution in [-0.2, 0) is 11.2 Å². The highest BCUT2D eigenvalue weighted by atomic mass is 32.2. The van der Waals surface area contributed by atoms with E-state index >= 15 is 0 Å². The van der Waals surface area contributed by atoms with Crippen molar-refractivity contribution in [2.24, 2.45) is 0 Å². The topological polar surface area (TPSA) is 76.1 Å². The number of methoxy groups -OCH3 is 1. The smallest absolute Gasteiger partial charge is 0.237 e. The van der Waals surface area contributed by atoms with Crippen LogP contribution in [0.15, 0.2) is 52.9 Å². The van der Waals surface area contributed by atoms with Crippen molar-refractivity contribution in [3.05, 3.63) is 54.1 Å². The summed E-state index contributed by atoms with van der Waals surface area (Å²) in [5.41, 5.74) is 2.94. The molecule has 1 heterocycles. The van der Waals surface area contributed by atoms with E-state index in [1.165, 1.54) is 28.7 Å². The number of hydrogen-bond donors (Lipinski definition) is 2. The molecule has 1 atom stereocenters. The molecule has 0 spiro atoms. The zero-order valence-corrected chi connectivity index (χ0v) is 17.6. The molecule has 3 aromatic rings. The van der Waals surface area contributed by atoms with Crippen LogP contribution in [0.4, 0.5) is 16.5 Å². The summed E-state index contributed by atoms with van der Waals surface area (Å²) in [6.45, 7) is 3.96. The fourth-order valence-electron chi connectivity index (χ4n) is 2.38. The average Bonchev–Trinajstić information content (AvgIpc) is 3.15. The van der Waals surface area contributed by atoms with Crippen molar-refractivity contribution in [2.75, 3.05) is 17.7 Å². The molecule has 0 aliphatic carbocycles. The summed E-state index contributed by atoms with van der Waals surface area (Å²) in [5.74, 6) is 0.734. The van der Waals surface area contributed by atoms with E-state index in [0.29, 0.717) is 5.13 Å². The minimum Gasteiger partial charge on any atom is -0.497 e. The molecule has 0 radical (unpaired) electrons. The molecule has 0 aliphatic heterocycles. The SMILES string of the molecule is CCc1ccc(NC(=O)[C@H](C)Sc2nnc(Nc3ccc(OC)cc3)s2)cc1. The molecule has 3 rings (SSSR count). The summed E-state index contributed by atoms with van der Waals surface area (Å²) < 4.78 is 5.89. The third-order valence-corrected chi connectivity index (χ3v) is 6.05. The maximum absolute atomic E-state index is 12.4. The molecule has 6 nitrogen and oxygen atoms in total. The molecule has 0 saturated heterocycles. The fraction of sp³-hybridized carbons (Fsp3) is 0.250. The Balaban J connectivity index is 1.54. The van der Waals surface area contributed by atoms with Crippen LogP contribution in [-0.4, -0.2) is 28.5 Å². The number of rotatable bonds is 8. The molecule has 0 fully saturated rings. The lowest BCUT2D eigenvalue weighted by Crippen LogP contribution is -2.22. The molecular weight excluding hydrogens is 392 g/mol. The van der Waals surface area contributed by atoms with Gasteiger partial charge in [0.1, 0.15) is 5.75 Å². The number of aromatic nitrogens is 2. The number of benzene rings is 2. The monoisotopic (exact) mass is 414 g/mol. The van der Waals surface area contributed by atoms with Crippen molar-refractivity contribution in [3.8, 4) is 5.75 Å². The van der Waals surface area contributed by atoms with Gasteiger partial charge in [-0.05, 0) is 55.3 Å². The minimum absolute atomic E-state index is 0.0610. The zero-order valence-electron chi connectivity index (χ0n) is 15.9. The second kappa shape index (κ2) is 9.57. The summed E-state index contributed by atoms with van der Waals surface area (Å²) in [5, 5.41) is 14.8. The van der Waals surface area contributed by atoms with Gasteiger partial charge in [-0.3, -0.25) is 4.79 Å². The Kier molecular flexibility index (Phi) is 6.89. The fourth-order valence-corrected chi connectivity index (χ4v) is 4.29. The predicted molar refractivity (Wildman–Crippen MR) is 116 cm³/mol. The summed E-state index contributed by atoms with van der Waals surface area (Å²) in [6, 6.07) is 15.5. The van der Waals surface area contributed by atoms with Crippen LogP contribution in [0.5, 0.6) is 5.75 Å². The van der Waals surface area contributed by atoms with Crippen molar-refractivity contribution in [1.29, 1.82) is 0 Å². The highest BCUT2D eigenvalue weighted by molar-refractivity contribution is 8.02. The largest absolute Gasteiger partial charge is 0.497 e. The van der Waals surface area contributed by atoms with Crippen molar-refractivity contribution < 1.29 is 9.53 Å². The standard InChI is InChI=1S/C20H22N4O2S2/c1-4-14-5-7-15(8-6-14)21-18(25)13(2)27-20-24-23-19(28-20)22-16-9-11-17(26-3)12-10-16/h5-13H,4H2,1-3H3,(H,21,25)(H,22,23)/t13-/m0/s1. The van der Waals surface area contributed by atoms with Crippen LogP contribution >= 0.6 is 23.1 Å². The Labute approximate surface area is 172 Å². The van der Waals surface area contributed by atoms with Crippen LogP contribution in [0.2, 0.25) is 0 Å². The maximum Gasteiger partial charge on any atom is 0.237 e. The van der Waals surface area contributed by atoms with E-state index in [4.69, 9.17) is 4.74 Å². The second-order valence-corrected chi connectivity index (χ2v) is 8.59. The number of nitrogens with one attached hydrogen (secondary N) is 2. The molecule has 0 unspecified atom stereocenters. The van der Waals surface area contributed by atoms with Gasteiger partial charge in [0, 0.05) is 11.4 Å². The molecule has 0 aliphatic rings. The van der Waals surface area contributed by atoms with E-state index in [0.717, 1.165) is 27.9 Å². The number of thioether (sulfide) groups is 1. The number of nitrogens with zero attached hydrogens (tertiary/aromatic N) is 2. The van der Waals surface area contributed by atoms with Crippen LogP contribution < -0.4 is 15.4 Å². The first-order chi connectivity index (χ1) is 13.6. The zero-order chi connectivity index (χ0) is 19.9. The van der Waals surface area contributed by atoms with E-state index < -0.39 is 0 Å². The van der Waals surface area contributed by atoms with Crippen molar-refractivity contribution in [3.63, 3.8) is 0 Å². The Hall–Kier alpha value is -2.58. The van der Waals surface area contributed by atoms with Crippen LogP contribution in [0.25, 0.3) is 0 Å². The van der Waals surface area contributed by atoms with Gasteiger partial charge >= 0.3 is 0 Å². The highest BCUT2D eigenvalue weighted by Gasteiger charge is 2.17. The molecule has 0 bridgehead atoms. The van der Waals surface area contributed by atoms with E-state index in [2.05, 4.69) is 27.8 Å². The molecule has 0 saturated carbocycles. The lowest BCUT2D eigenvalue weighted by atomic mass is 10.1.